The van der Waals surface area contributed by atoms with Crippen LogP contribution in [0.15, 0.2) is 60.7 Å². The zero-order valence-electron chi connectivity index (χ0n) is 7.98. The molecule has 0 aliphatic carbocycles. The van der Waals surface area contributed by atoms with Gasteiger partial charge in [0.1, 0.15) is 0 Å². The summed E-state index contributed by atoms with van der Waals surface area (Å²) in [5, 5.41) is 0. The van der Waals surface area contributed by atoms with E-state index in [9.17, 15) is 0 Å². The summed E-state index contributed by atoms with van der Waals surface area (Å²) < 4.78 is 2.12. The van der Waals surface area contributed by atoms with E-state index in [0.717, 1.165) is 8.70 Å². The molecule has 0 aliphatic rings. The van der Waals surface area contributed by atoms with Crippen LogP contribution in [0.5, 0.6) is 0 Å². The molecule has 0 fully saturated rings. The fourth-order valence-corrected chi connectivity index (χ4v) is 6.64. The Morgan fingerprint density at radius 2 is 0.933 bits per heavy atom. The van der Waals surface area contributed by atoms with Crippen LogP contribution in [-0.4, -0.2) is 11.7 Å². The fraction of sp³-hybridized carbons (Fsp3) is 0. The van der Waals surface area contributed by atoms with E-state index in [1.54, 1.807) is 0 Å². The van der Waals surface area contributed by atoms with E-state index in [1.807, 2.05) is 60.7 Å². The summed E-state index contributed by atoms with van der Waals surface area (Å²) in [5.74, 6) is 0. The van der Waals surface area contributed by atoms with Gasteiger partial charge in [-0.15, -0.1) is 0 Å². The van der Waals surface area contributed by atoms with E-state index in [1.165, 1.54) is 0 Å². The minimum absolute atomic E-state index is 1.06. The molecule has 0 heterocycles. The van der Waals surface area contributed by atoms with Crippen LogP contribution in [-0.2, 0) is 0 Å². The van der Waals surface area contributed by atoms with Gasteiger partial charge in [-0.1, -0.05) is 0 Å². The van der Waals surface area contributed by atoms with Gasteiger partial charge < -0.3 is 0 Å². The van der Waals surface area contributed by atoms with E-state index < -0.39 is 11.7 Å². The summed E-state index contributed by atoms with van der Waals surface area (Å²) in [6, 6.07) is 19.8. The Labute approximate surface area is 101 Å². The first-order valence-corrected chi connectivity index (χ1v) is 11.4. The Bertz CT molecular complexity index is 384. The molecule has 0 nitrogen and oxygen atoms in total. The second-order valence-corrected chi connectivity index (χ2v) is 13.7. The third kappa shape index (κ3) is 2.39. The van der Waals surface area contributed by atoms with E-state index in [0.29, 0.717) is 0 Å². The molecule has 3 heteroatoms. The molecular formula is C12H10AsCl2. The molecule has 0 amide bonds. The minimum atomic E-state index is -2.88. The Morgan fingerprint density at radius 1 is 0.600 bits per heavy atom. The van der Waals surface area contributed by atoms with Crippen LogP contribution in [0.1, 0.15) is 0 Å². The summed E-state index contributed by atoms with van der Waals surface area (Å²) in [7, 11) is 13.0. The summed E-state index contributed by atoms with van der Waals surface area (Å²) in [6.07, 6.45) is 0. The van der Waals surface area contributed by atoms with Gasteiger partial charge >= 0.3 is 101 Å². The summed E-state index contributed by atoms with van der Waals surface area (Å²) in [6.45, 7) is 0. The standard InChI is InChI=1S/C12H10AsCl2/c14-13(15,11-7-3-1-4-8-11)12-9-5-2-6-10-12/h1-10H. The predicted molar refractivity (Wildman–Crippen MR) is 69.6 cm³/mol. The van der Waals surface area contributed by atoms with Crippen LogP contribution in [0.3, 0.4) is 0 Å². The van der Waals surface area contributed by atoms with Crippen LogP contribution >= 0.6 is 19.9 Å². The van der Waals surface area contributed by atoms with Gasteiger partial charge in [0.25, 0.3) is 0 Å². The molecule has 0 bridgehead atoms. The van der Waals surface area contributed by atoms with E-state index in [-0.39, 0.29) is 0 Å². The van der Waals surface area contributed by atoms with Gasteiger partial charge in [0, 0.05) is 0 Å². The molecule has 0 aliphatic heterocycles. The molecule has 2 aromatic rings. The van der Waals surface area contributed by atoms with Crippen molar-refractivity contribution in [3.63, 3.8) is 0 Å². The average Bonchev–Trinajstić information content (AvgIpc) is 2.31. The van der Waals surface area contributed by atoms with Gasteiger partial charge in [-0.3, -0.25) is 0 Å². The van der Waals surface area contributed by atoms with Gasteiger partial charge in [0.2, 0.25) is 0 Å². The van der Waals surface area contributed by atoms with Crippen LogP contribution in [0.25, 0.3) is 0 Å². The van der Waals surface area contributed by atoms with Crippen molar-refractivity contribution in [2.75, 3.05) is 0 Å². The summed E-state index contributed by atoms with van der Waals surface area (Å²) in [4.78, 5) is 0. The molecule has 2 rings (SSSR count). The molecule has 1 radical (unpaired) electrons. The average molecular weight is 300 g/mol. The second-order valence-electron chi connectivity index (χ2n) is 3.18. The van der Waals surface area contributed by atoms with Crippen LogP contribution in [0.2, 0.25) is 0 Å². The van der Waals surface area contributed by atoms with Crippen molar-refractivity contribution < 1.29 is 0 Å². The molecular weight excluding hydrogens is 290 g/mol. The number of halogens is 2. The Balaban J connectivity index is 2.44. The molecule has 0 spiro atoms. The van der Waals surface area contributed by atoms with Gasteiger partial charge in [-0.25, -0.2) is 0 Å². The monoisotopic (exact) mass is 299 g/mol. The second kappa shape index (κ2) is 4.61. The third-order valence-corrected chi connectivity index (χ3v) is 10.2. The van der Waals surface area contributed by atoms with Crippen molar-refractivity contribution in [1.82, 2.24) is 0 Å². The summed E-state index contributed by atoms with van der Waals surface area (Å²) in [5.41, 5.74) is 0. The van der Waals surface area contributed by atoms with Crippen molar-refractivity contribution in [2.24, 2.45) is 0 Å². The first kappa shape index (κ1) is 11.1. The van der Waals surface area contributed by atoms with Gasteiger partial charge in [0.15, 0.2) is 0 Å². The number of rotatable bonds is 2. The normalized spacial score (nSPS) is 11.3. The van der Waals surface area contributed by atoms with Crippen molar-refractivity contribution in [2.45, 2.75) is 0 Å². The molecule has 0 saturated heterocycles. The maximum atomic E-state index is 6.52. The first-order chi connectivity index (χ1) is 7.21. The van der Waals surface area contributed by atoms with Crippen molar-refractivity contribution in [3.8, 4) is 0 Å². The Kier molecular flexibility index (Phi) is 3.41. The molecule has 2 aromatic carbocycles. The van der Waals surface area contributed by atoms with Crippen molar-refractivity contribution in [3.05, 3.63) is 60.7 Å². The van der Waals surface area contributed by atoms with Crippen LogP contribution in [0.4, 0.5) is 0 Å². The van der Waals surface area contributed by atoms with Crippen molar-refractivity contribution >= 4 is 40.3 Å². The molecule has 0 unspecified atom stereocenters. The van der Waals surface area contributed by atoms with Gasteiger partial charge in [0.05, 0.1) is 0 Å². The van der Waals surface area contributed by atoms with Crippen molar-refractivity contribution in [1.29, 1.82) is 0 Å². The number of hydrogen-bond acceptors (Lipinski definition) is 0. The Morgan fingerprint density at radius 3 is 1.27 bits per heavy atom. The molecule has 0 N–H and O–H groups in total. The SMILES string of the molecule is Cl[As](Cl)(c1ccccc1)c1ccccc1. The van der Waals surface area contributed by atoms with Gasteiger partial charge in [-0.05, 0) is 0 Å². The first-order valence-electron chi connectivity index (χ1n) is 4.61. The van der Waals surface area contributed by atoms with E-state index in [4.69, 9.17) is 19.9 Å². The zero-order chi connectivity index (χ0) is 10.7. The molecule has 0 aromatic heterocycles. The third-order valence-electron chi connectivity index (χ3n) is 2.16. The van der Waals surface area contributed by atoms with Gasteiger partial charge in [-0.2, -0.15) is 0 Å². The number of benzene rings is 2. The molecule has 15 heavy (non-hydrogen) atoms. The maximum absolute atomic E-state index is 6.52. The molecule has 0 atom stereocenters. The van der Waals surface area contributed by atoms with Crippen LogP contribution in [0, 0.1) is 0 Å². The zero-order valence-corrected chi connectivity index (χ0v) is 11.4. The Hall–Kier alpha value is -0.422. The fourth-order valence-electron chi connectivity index (χ4n) is 1.38. The topological polar surface area (TPSA) is 0 Å². The quantitative estimate of drug-likeness (QED) is 0.748. The number of hydrogen-bond donors (Lipinski definition) is 0. The van der Waals surface area contributed by atoms with E-state index in [2.05, 4.69) is 0 Å². The molecule has 0 saturated carbocycles. The summed E-state index contributed by atoms with van der Waals surface area (Å²) >= 11 is -2.88. The molecule has 77 valence electrons. The van der Waals surface area contributed by atoms with E-state index >= 15 is 0 Å². The predicted octanol–water partition coefficient (Wildman–Crippen LogP) is 2.72. The van der Waals surface area contributed by atoms with Crippen LogP contribution < -0.4 is 8.70 Å².